The number of anilines is 1. The minimum atomic E-state index is -4.71. The fraction of sp³-hybridized carbons (Fsp3) is 0.333. The van der Waals surface area contributed by atoms with Crippen LogP contribution in [-0.4, -0.2) is 50.5 Å². The van der Waals surface area contributed by atoms with Crippen LogP contribution in [0.4, 0.5) is 18.9 Å². The average molecular weight is 590 g/mol. The SMILES string of the molecule is CC(C)CNC(=O)[C@@H](Cc1ccccc1)N(Cc1ccccc1)C(=O)CN(c1cccc(C(F)(F)F)c1)S(C)(=O)=O. The zero-order valence-corrected chi connectivity index (χ0v) is 24.0. The quantitative estimate of drug-likeness (QED) is 0.326. The van der Waals surface area contributed by atoms with E-state index in [-0.39, 0.29) is 24.6 Å². The van der Waals surface area contributed by atoms with Gasteiger partial charge in [0.2, 0.25) is 21.8 Å². The number of carbonyl (C=O) groups excluding carboxylic acids is 2. The Bertz CT molecular complexity index is 1420. The second-order valence-electron chi connectivity index (χ2n) is 10.2. The standard InChI is InChI=1S/C30H34F3N3O4S/c1-22(2)19-34-29(38)27(17-23-11-6-4-7-12-23)35(20-24-13-8-5-9-14-24)28(37)21-36(41(3,39)40)26-16-10-15-25(18-26)30(31,32)33/h4-16,18,22,27H,17,19-21H2,1-3H3,(H,34,38)/t27-/m1/s1. The van der Waals surface area contributed by atoms with E-state index < -0.39 is 46.2 Å². The van der Waals surface area contributed by atoms with Gasteiger partial charge in [0.15, 0.2) is 0 Å². The van der Waals surface area contributed by atoms with Crippen LogP contribution >= 0.6 is 0 Å². The van der Waals surface area contributed by atoms with Crippen molar-refractivity contribution in [3.05, 3.63) is 102 Å². The summed E-state index contributed by atoms with van der Waals surface area (Å²) in [5.41, 5.74) is 0.118. The topological polar surface area (TPSA) is 86.8 Å². The maximum absolute atomic E-state index is 14.0. The third-order valence-electron chi connectivity index (χ3n) is 6.29. The Morgan fingerprint density at radius 2 is 1.46 bits per heavy atom. The van der Waals surface area contributed by atoms with E-state index in [9.17, 15) is 31.2 Å². The number of carbonyl (C=O) groups is 2. The van der Waals surface area contributed by atoms with Crippen molar-refractivity contribution < 1.29 is 31.2 Å². The first-order valence-corrected chi connectivity index (χ1v) is 14.9. The summed E-state index contributed by atoms with van der Waals surface area (Å²) >= 11 is 0. The number of halogens is 3. The molecule has 1 atom stereocenters. The Labute approximate surface area is 239 Å². The number of hydrogen-bond donors (Lipinski definition) is 1. The maximum Gasteiger partial charge on any atom is 0.416 e. The van der Waals surface area contributed by atoms with Gasteiger partial charge in [0, 0.05) is 19.5 Å². The number of alkyl halides is 3. The van der Waals surface area contributed by atoms with Crippen molar-refractivity contribution in [2.24, 2.45) is 5.92 Å². The van der Waals surface area contributed by atoms with Gasteiger partial charge >= 0.3 is 6.18 Å². The van der Waals surface area contributed by atoms with Crippen LogP contribution in [-0.2, 0) is 38.8 Å². The molecule has 3 aromatic carbocycles. The Kier molecular flexibility index (Phi) is 10.6. The molecule has 0 radical (unpaired) electrons. The molecule has 3 rings (SSSR count). The van der Waals surface area contributed by atoms with Crippen molar-refractivity contribution in [2.75, 3.05) is 23.7 Å². The maximum atomic E-state index is 14.0. The van der Waals surface area contributed by atoms with Crippen molar-refractivity contribution in [1.82, 2.24) is 10.2 Å². The molecular formula is C30H34F3N3O4S. The second kappa shape index (κ2) is 13.7. The van der Waals surface area contributed by atoms with Crippen LogP contribution < -0.4 is 9.62 Å². The van der Waals surface area contributed by atoms with Crippen LogP contribution in [0.15, 0.2) is 84.9 Å². The Hall–Kier alpha value is -3.86. The molecule has 7 nitrogen and oxygen atoms in total. The molecule has 3 aromatic rings. The van der Waals surface area contributed by atoms with Gasteiger partial charge in [-0.15, -0.1) is 0 Å². The van der Waals surface area contributed by atoms with Crippen molar-refractivity contribution in [1.29, 1.82) is 0 Å². The lowest BCUT2D eigenvalue weighted by Crippen LogP contribution is -2.53. The molecule has 220 valence electrons. The van der Waals surface area contributed by atoms with Gasteiger partial charge in [-0.25, -0.2) is 8.42 Å². The van der Waals surface area contributed by atoms with Crippen molar-refractivity contribution in [3.8, 4) is 0 Å². The number of hydrogen-bond acceptors (Lipinski definition) is 4. The number of sulfonamides is 1. The van der Waals surface area contributed by atoms with Crippen LogP contribution in [0.5, 0.6) is 0 Å². The lowest BCUT2D eigenvalue weighted by molar-refractivity contribution is -0.140. The minimum Gasteiger partial charge on any atom is -0.354 e. The zero-order chi connectivity index (χ0) is 30.2. The third kappa shape index (κ3) is 9.34. The first-order valence-electron chi connectivity index (χ1n) is 13.1. The summed E-state index contributed by atoms with van der Waals surface area (Å²) in [6, 6.07) is 20.7. The molecule has 0 bridgehead atoms. The summed E-state index contributed by atoms with van der Waals surface area (Å²) in [6.07, 6.45) is -3.75. The van der Waals surface area contributed by atoms with Crippen LogP contribution in [0.3, 0.4) is 0 Å². The fourth-order valence-electron chi connectivity index (χ4n) is 4.21. The molecule has 0 aliphatic heterocycles. The molecule has 0 aliphatic rings. The second-order valence-corrected chi connectivity index (χ2v) is 12.1. The first kappa shape index (κ1) is 31.7. The van der Waals surface area contributed by atoms with Crippen molar-refractivity contribution >= 4 is 27.5 Å². The predicted octanol–water partition coefficient (Wildman–Crippen LogP) is 4.88. The van der Waals surface area contributed by atoms with Crippen LogP contribution in [0, 0.1) is 5.92 Å². The van der Waals surface area contributed by atoms with Crippen molar-refractivity contribution in [3.63, 3.8) is 0 Å². The van der Waals surface area contributed by atoms with E-state index in [1.165, 1.54) is 11.0 Å². The molecule has 0 aromatic heterocycles. The molecule has 0 heterocycles. The van der Waals surface area contributed by atoms with Gasteiger partial charge < -0.3 is 10.2 Å². The summed E-state index contributed by atoms with van der Waals surface area (Å²) in [5, 5.41) is 2.87. The Balaban J connectivity index is 2.05. The largest absolute Gasteiger partial charge is 0.416 e. The molecule has 11 heteroatoms. The summed E-state index contributed by atoms with van der Waals surface area (Å²) in [5.74, 6) is -1.02. The van der Waals surface area contributed by atoms with Gasteiger partial charge in [0.05, 0.1) is 17.5 Å². The van der Waals surface area contributed by atoms with Gasteiger partial charge in [-0.3, -0.25) is 13.9 Å². The molecule has 0 saturated carbocycles. The highest BCUT2D eigenvalue weighted by molar-refractivity contribution is 7.92. The van der Waals surface area contributed by atoms with E-state index in [0.717, 1.165) is 24.0 Å². The van der Waals surface area contributed by atoms with Crippen LogP contribution in [0.25, 0.3) is 0 Å². The summed E-state index contributed by atoms with van der Waals surface area (Å²) in [6.45, 7) is 3.40. The van der Waals surface area contributed by atoms with Gasteiger partial charge in [0.25, 0.3) is 0 Å². The van der Waals surface area contributed by atoms with Crippen molar-refractivity contribution in [2.45, 2.75) is 39.0 Å². The van der Waals surface area contributed by atoms with Gasteiger partial charge in [-0.2, -0.15) is 13.2 Å². The lowest BCUT2D eigenvalue weighted by Gasteiger charge is -2.33. The minimum absolute atomic E-state index is 0.0214. The highest BCUT2D eigenvalue weighted by Crippen LogP contribution is 2.32. The Morgan fingerprint density at radius 1 is 0.878 bits per heavy atom. The number of benzene rings is 3. The smallest absolute Gasteiger partial charge is 0.354 e. The highest BCUT2D eigenvalue weighted by Gasteiger charge is 2.35. The molecule has 0 fully saturated rings. The molecule has 0 aliphatic carbocycles. The monoisotopic (exact) mass is 589 g/mol. The van der Waals surface area contributed by atoms with E-state index in [1.807, 2.05) is 32.0 Å². The van der Waals surface area contributed by atoms with E-state index in [2.05, 4.69) is 5.32 Å². The van der Waals surface area contributed by atoms with Gasteiger partial charge in [0.1, 0.15) is 12.6 Å². The summed E-state index contributed by atoms with van der Waals surface area (Å²) in [7, 11) is -4.19. The normalized spacial score (nSPS) is 12.6. The van der Waals surface area contributed by atoms with Gasteiger partial charge in [-0.1, -0.05) is 80.6 Å². The highest BCUT2D eigenvalue weighted by atomic mass is 32.2. The first-order chi connectivity index (χ1) is 19.3. The third-order valence-corrected chi connectivity index (χ3v) is 7.43. The molecule has 0 saturated heterocycles. The summed E-state index contributed by atoms with van der Waals surface area (Å²) in [4.78, 5) is 28.8. The zero-order valence-electron chi connectivity index (χ0n) is 23.1. The molecule has 41 heavy (non-hydrogen) atoms. The number of nitrogens with one attached hydrogen (secondary N) is 1. The number of nitrogens with zero attached hydrogens (tertiary/aromatic N) is 2. The summed E-state index contributed by atoms with van der Waals surface area (Å²) < 4.78 is 66.4. The fourth-order valence-corrected chi connectivity index (χ4v) is 5.05. The van der Waals surface area contributed by atoms with E-state index >= 15 is 0 Å². The predicted molar refractivity (Wildman–Crippen MR) is 152 cm³/mol. The van der Waals surface area contributed by atoms with Gasteiger partial charge in [-0.05, 0) is 35.2 Å². The van der Waals surface area contributed by atoms with Crippen LogP contribution in [0.1, 0.15) is 30.5 Å². The number of amides is 2. The van der Waals surface area contributed by atoms with E-state index in [4.69, 9.17) is 0 Å². The molecule has 0 unspecified atom stereocenters. The average Bonchev–Trinajstić information content (AvgIpc) is 2.92. The Morgan fingerprint density at radius 3 is 2.00 bits per heavy atom. The number of rotatable bonds is 12. The molecular weight excluding hydrogens is 555 g/mol. The molecule has 1 N–H and O–H groups in total. The van der Waals surface area contributed by atoms with Crippen LogP contribution in [0.2, 0.25) is 0 Å². The lowest BCUT2D eigenvalue weighted by atomic mass is 10.0. The van der Waals surface area contributed by atoms with E-state index in [1.54, 1.807) is 42.5 Å². The van der Waals surface area contributed by atoms with E-state index in [0.29, 0.717) is 22.5 Å². The molecule has 2 amide bonds. The molecule has 0 spiro atoms.